The Morgan fingerprint density at radius 3 is 2.52 bits per heavy atom. The third kappa shape index (κ3) is 6.06. The molecular weight excluding hydrogens is 410 g/mol. The van der Waals surface area contributed by atoms with E-state index in [9.17, 15) is 9.59 Å². The van der Waals surface area contributed by atoms with E-state index in [1.54, 1.807) is 25.4 Å². The van der Waals surface area contributed by atoms with Crippen molar-refractivity contribution in [2.75, 3.05) is 12.4 Å². The lowest BCUT2D eigenvalue weighted by atomic mass is 10.2. The van der Waals surface area contributed by atoms with Crippen molar-refractivity contribution in [3.63, 3.8) is 0 Å². The van der Waals surface area contributed by atoms with Gasteiger partial charge >= 0.3 is 6.09 Å². The minimum absolute atomic E-state index is 0.289. The first-order valence-electron chi connectivity index (χ1n) is 8.52. The van der Waals surface area contributed by atoms with E-state index < -0.39 is 11.7 Å². The van der Waals surface area contributed by atoms with Gasteiger partial charge in [-0.2, -0.15) is 0 Å². The summed E-state index contributed by atoms with van der Waals surface area (Å²) in [4.78, 5) is 30.1. The summed E-state index contributed by atoms with van der Waals surface area (Å²) in [6.07, 6.45) is 1.18. The van der Waals surface area contributed by atoms with Crippen LogP contribution in [0.1, 0.15) is 42.4 Å². The highest BCUT2D eigenvalue weighted by atomic mass is 79.9. The van der Waals surface area contributed by atoms with Crippen LogP contribution in [0.3, 0.4) is 0 Å². The van der Waals surface area contributed by atoms with Crippen molar-refractivity contribution in [3.05, 3.63) is 57.8 Å². The zero-order valence-corrected chi connectivity index (χ0v) is 17.8. The van der Waals surface area contributed by atoms with Gasteiger partial charge in [0, 0.05) is 23.4 Å². The first kappa shape index (κ1) is 20.9. The number of benzene rings is 1. The number of carbonyl (C=O) groups is 2. The van der Waals surface area contributed by atoms with E-state index in [0.29, 0.717) is 12.2 Å². The van der Waals surface area contributed by atoms with E-state index in [-0.39, 0.29) is 5.91 Å². The molecule has 2 aromatic rings. The van der Waals surface area contributed by atoms with Crippen molar-refractivity contribution in [3.8, 4) is 0 Å². The van der Waals surface area contributed by atoms with Crippen molar-refractivity contribution >= 4 is 33.6 Å². The number of amides is 2. The Bertz CT molecular complexity index is 829. The average molecular weight is 434 g/mol. The average Bonchev–Trinajstić information content (AvgIpc) is 2.58. The maximum atomic E-state index is 12.4. The van der Waals surface area contributed by atoms with Crippen LogP contribution in [-0.2, 0) is 11.3 Å². The number of hydrogen-bond donors (Lipinski definition) is 1. The Morgan fingerprint density at radius 2 is 1.93 bits per heavy atom. The molecule has 1 N–H and O–H groups in total. The summed E-state index contributed by atoms with van der Waals surface area (Å²) < 4.78 is 6.24. The lowest BCUT2D eigenvalue weighted by Crippen LogP contribution is -2.33. The molecule has 0 unspecified atom stereocenters. The lowest BCUT2D eigenvalue weighted by molar-refractivity contribution is 0.0285. The minimum Gasteiger partial charge on any atom is -0.444 e. The zero-order valence-electron chi connectivity index (χ0n) is 16.2. The monoisotopic (exact) mass is 433 g/mol. The van der Waals surface area contributed by atoms with Gasteiger partial charge in [-0.25, -0.2) is 4.79 Å². The van der Waals surface area contributed by atoms with Crippen molar-refractivity contribution in [2.45, 2.75) is 39.8 Å². The maximum Gasteiger partial charge on any atom is 0.410 e. The summed E-state index contributed by atoms with van der Waals surface area (Å²) in [6.45, 7) is 7.72. The van der Waals surface area contributed by atoms with E-state index in [2.05, 4.69) is 26.2 Å². The molecule has 1 aromatic heterocycles. The molecule has 144 valence electrons. The van der Waals surface area contributed by atoms with Crippen molar-refractivity contribution < 1.29 is 14.3 Å². The van der Waals surface area contributed by atoms with Crippen LogP contribution in [0.15, 0.2) is 41.0 Å². The zero-order chi connectivity index (χ0) is 20.2. The van der Waals surface area contributed by atoms with Gasteiger partial charge in [0.1, 0.15) is 11.3 Å². The predicted octanol–water partition coefficient (Wildman–Crippen LogP) is 4.77. The highest BCUT2D eigenvalue weighted by Crippen LogP contribution is 2.23. The normalized spacial score (nSPS) is 11.0. The summed E-state index contributed by atoms with van der Waals surface area (Å²) in [7, 11) is 1.66. The number of anilines is 1. The molecule has 0 aliphatic carbocycles. The standard InChI is InChI=1S/C20H24BrN3O3/c1-13-15(21)7-6-8-16(13)23-18(25)17-10-9-14(11-22-17)12-24(5)19(26)27-20(2,3)4/h6-11H,12H2,1-5H3,(H,23,25). The third-order valence-electron chi connectivity index (χ3n) is 3.70. The number of nitrogens with one attached hydrogen (secondary N) is 1. The molecule has 1 aromatic carbocycles. The number of halogens is 1. The summed E-state index contributed by atoms with van der Waals surface area (Å²) in [5.41, 5.74) is 2.23. The molecule has 0 fully saturated rings. The molecule has 2 rings (SSSR count). The molecule has 1 heterocycles. The molecule has 0 aliphatic heterocycles. The Hall–Kier alpha value is -2.41. The van der Waals surface area contributed by atoms with Gasteiger partial charge in [-0.1, -0.05) is 28.1 Å². The van der Waals surface area contributed by atoms with E-state index in [4.69, 9.17) is 4.74 Å². The van der Waals surface area contributed by atoms with Gasteiger partial charge in [0.25, 0.3) is 5.91 Å². The van der Waals surface area contributed by atoms with Gasteiger partial charge in [-0.3, -0.25) is 9.78 Å². The number of aromatic nitrogens is 1. The summed E-state index contributed by atoms with van der Waals surface area (Å²) in [6, 6.07) is 9.02. The Balaban J connectivity index is 2.01. The molecule has 0 saturated carbocycles. The predicted molar refractivity (Wildman–Crippen MR) is 109 cm³/mol. The second kappa shape index (κ2) is 8.52. The smallest absolute Gasteiger partial charge is 0.410 e. The highest BCUT2D eigenvalue weighted by Gasteiger charge is 2.20. The molecule has 0 radical (unpaired) electrons. The van der Waals surface area contributed by atoms with Gasteiger partial charge in [0.2, 0.25) is 0 Å². The molecule has 0 bridgehead atoms. The summed E-state index contributed by atoms with van der Waals surface area (Å²) >= 11 is 3.44. The molecule has 0 aliphatic rings. The molecular formula is C20H24BrN3O3. The number of ether oxygens (including phenoxy) is 1. The molecule has 2 amide bonds. The van der Waals surface area contributed by atoms with Crippen molar-refractivity contribution in [1.82, 2.24) is 9.88 Å². The Labute approximate surface area is 168 Å². The first-order chi connectivity index (χ1) is 12.6. The Kier molecular flexibility index (Phi) is 6.59. The number of hydrogen-bond acceptors (Lipinski definition) is 4. The Morgan fingerprint density at radius 1 is 1.22 bits per heavy atom. The van der Waals surface area contributed by atoms with Crippen LogP contribution in [0.4, 0.5) is 10.5 Å². The van der Waals surface area contributed by atoms with E-state index in [1.807, 2.05) is 45.9 Å². The number of nitrogens with zero attached hydrogens (tertiary/aromatic N) is 2. The molecule has 27 heavy (non-hydrogen) atoms. The number of pyridine rings is 1. The molecule has 6 nitrogen and oxygen atoms in total. The van der Waals surface area contributed by atoms with Crippen LogP contribution in [0.2, 0.25) is 0 Å². The summed E-state index contributed by atoms with van der Waals surface area (Å²) in [5.74, 6) is -0.289. The second-order valence-electron chi connectivity index (χ2n) is 7.25. The summed E-state index contributed by atoms with van der Waals surface area (Å²) in [5, 5.41) is 2.86. The molecule has 7 heteroatoms. The van der Waals surface area contributed by atoms with Crippen molar-refractivity contribution in [1.29, 1.82) is 0 Å². The fraction of sp³-hybridized carbons (Fsp3) is 0.350. The van der Waals surface area contributed by atoms with Gasteiger partial charge in [0.15, 0.2) is 0 Å². The second-order valence-corrected chi connectivity index (χ2v) is 8.11. The van der Waals surface area contributed by atoms with E-state index >= 15 is 0 Å². The largest absolute Gasteiger partial charge is 0.444 e. The fourth-order valence-corrected chi connectivity index (χ4v) is 2.63. The van der Waals surface area contributed by atoms with Crippen LogP contribution in [0.25, 0.3) is 0 Å². The highest BCUT2D eigenvalue weighted by molar-refractivity contribution is 9.10. The van der Waals surface area contributed by atoms with Crippen LogP contribution in [0, 0.1) is 6.92 Å². The van der Waals surface area contributed by atoms with Crippen molar-refractivity contribution in [2.24, 2.45) is 0 Å². The molecule has 0 atom stereocenters. The van der Waals surface area contributed by atoms with E-state index in [0.717, 1.165) is 21.3 Å². The van der Waals surface area contributed by atoms with Gasteiger partial charge < -0.3 is 15.0 Å². The number of rotatable bonds is 4. The first-order valence-corrected chi connectivity index (χ1v) is 9.31. The van der Waals surface area contributed by atoms with Gasteiger partial charge in [0.05, 0.1) is 6.54 Å². The third-order valence-corrected chi connectivity index (χ3v) is 4.56. The lowest BCUT2D eigenvalue weighted by Gasteiger charge is -2.24. The van der Waals surface area contributed by atoms with Crippen LogP contribution >= 0.6 is 15.9 Å². The molecule has 0 spiro atoms. The van der Waals surface area contributed by atoms with E-state index in [1.165, 1.54) is 4.90 Å². The SMILES string of the molecule is Cc1c(Br)cccc1NC(=O)c1ccc(CN(C)C(=O)OC(C)(C)C)cn1. The van der Waals surface area contributed by atoms with Crippen LogP contribution in [0.5, 0.6) is 0 Å². The quantitative estimate of drug-likeness (QED) is 0.753. The minimum atomic E-state index is -0.546. The van der Waals surface area contributed by atoms with Gasteiger partial charge in [-0.05, 0) is 57.0 Å². The topological polar surface area (TPSA) is 71.5 Å². The fourth-order valence-electron chi connectivity index (χ4n) is 2.26. The van der Waals surface area contributed by atoms with Gasteiger partial charge in [-0.15, -0.1) is 0 Å². The van der Waals surface area contributed by atoms with Crippen LogP contribution < -0.4 is 5.32 Å². The maximum absolute atomic E-state index is 12.4. The van der Waals surface area contributed by atoms with Crippen LogP contribution in [-0.4, -0.2) is 34.5 Å². The number of carbonyl (C=O) groups excluding carboxylic acids is 2. The molecule has 0 saturated heterocycles.